The SMILES string of the molecule is C=C(CN(CC)CC)C(=O)NC[C@@H](NC(=O)[C@H](Cc1cc2ccc(C(C)C)cc2s1)NC(C)=O)C1CCCC1. The number of hydrogen-bond acceptors (Lipinski definition) is 5. The molecule has 1 aliphatic carbocycles. The summed E-state index contributed by atoms with van der Waals surface area (Å²) in [5, 5.41) is 10.2. The fraction of sp³-hybridized carbons (Fsp3) is 0.581. The molecule has 214 valence electrons. The highest BCUT2D eigenvalue weighted by atomic mass is 32.1. The number of carbonyl (C=O) groups is 3. The van der Waals surface area contributed by atoms with Crippen molar-refractivity contribution in [3.63, 3.8) is 0 Å². The molecule has 1 aliphatic rings. The number of fused-ring (bicyclic) bond motifs is 1. The Balaban J connectivity index is 1.70. The zero-order chi connectivity index (χ0) is 28.5. The van der Waals surface area contributed by atoms with Crippen LogP contribution in [0.2, 0.25) is 0 Å². The van der Waals surface area contributed by atoms with Gasteiger partial charge in [0.2, 0.25) is 17.7 Å². The van der Waals surface area contributed by atoms with E-state index in [1.54, 1.807) is 11.3 Å². The summed E-state index contributed by atoms with van der Waals surface area (Å²) in [6, 6.07) is 7.73. The Morgan fingerprint density at radius 2 is 1.77 bits per heavy atom. The van der Waals surface area contributed by atoms with Crippen molar-refractivity contribution in [3.05, 3.63) is 46.9 Å². The van der Waals surface area contributed by atoms with Crippen molar-refractivity contribution in [2.24, 2.45) is 5.92 Å². The first-order valence-corrected chi connectivity index (χ1v) is 15.2. The number of amides is 3. The third-order valence-electron chi connectivity index (χ3n) is 7.77. The predicted octanol–water partition coefficient (Wildman–Crippen LogP) is 4.76. The van der Waals surface area contributed by atoms with Gasteiger partial charge in [-0.15, -0.1) is 11.3 Å². The number of rotatable bonds is 14. The molecular weight excluding hydrogens is 508 g/mol. The molecule has 0 aliphatic heterocycles. The van der Waals surface area contributed by atoms with Gasteiger partial charge >= 0.3 is 0 Å². The number of carbonyl (C=O) groups excluding carboxylic acids is 3. The normalized spacial score (nSPS) is 15.5. The van der Waals surface area contributed by atoms with Gasteiger partial charge in [-0.25, -0.2) is 0 Å². The van der Waals surface area contributed by atoms with E-state index in [9.17, 15) is 14.4 Å². The highest BCUT2D eigenvalue weighted by Crippen LogP contribution is 2.30. The van der Waals surface area contributed by atoms with Gasteiger partial charge in [0.05, 0.1) is 0 Å². The van der Waals surface area contributed by atoms with Gasteiger partial charge in [0.15, 0.2) is 0 Å². The lowest BCUT2D eigenvalue weighted by atomic mass is 9.97. The van der Waals surface area contributed by atoms with Crippen molar-refractivity contribution in [1.29, 1.82) is 0 Å². The molecule has 0 unspecified atom stereocenters. The minimum absolute atomic E-state index is 0.177. The number of benzene rings is 1. The lowest BCUT2D eigenvalue weighted by Gasteiger charge is -2.28. The van der Waals surface area contributed by atoms with Crippen LogP contribution in [0.1, 0.15) is 76.7 Å². The molecule has 7 nitrogen and oxygen atoms in total. The minimum Gasteiger partial charge on any atom is -0.350 e. The average molecular weight is 555 g/mol. The van der Waals surface area contributed by atoms with Crippen LogP contribution in [0.5, 0.6) is 0 Å². The maximum absolute atomic E-state index is 13.6. The van der Waals surface area contributed by atoms with E-state index in [0.717, 1.165) is 49.0 Å². The molecule has 39 heavy (non-hydrogen) atoms. The zero-order valence-corrected chi connectivity index (χ0v) is 25.1. The minimum atomic E-state index is -0.683. The third-order valence-corrected chi connectivity index (χ3v) is 8.89. The van der Waals surface area contributed by atoms with Crippen molar-refractivity contribution in [2.75, 3.05) is 26.2 Å². The van der Waals surface area contributed by atoms with E-state index < -0.39 is 6.04 Å². The lowest BCUT2D eigenvalue weighted by molar-refractivity contribution is -0.128. The van der Waals surface area contributed by atoms with Crippen LogP contribution < -0.4 is 16.0 Å². The molecule has 1 heterocycles. The summed E-state index contributed by atoms with van der Waals surface area (Å²) >= 11 is 1.67. The van der Waals surface area contributed by atoms with Crippen LogP contribution in [0.15, 0.2) is 36.4 Å². The highest BCUT2D eigenvalue weighted by Gasteiger charge is 2.30. The van der Waals surface area contributed by atoms with E-state index in [1.165, 1.54) is 17.2 Å². The molecule has 2 atom stereocenters. The van der Waals surface area contributed by atoms with Crippen LogP contribution in [-0.4, -0.2) is 60.9 Å². The Labute approximate surface area is 237 Å². The number of likely N-dealkylation sites (N-methyl/N-ethyl adjacent to an activating group) is 1. The summed E-state index contributed by atoms with van der Waals surface area (Å²) in [7, 11) is 0. The van der Waals surface area contributed by atoms with E-state index >= 15 is 0 Å². The Morgan fingerprint density at radius 3 is 2.38 bits per heavy atom. The van der Waals surface area contributed by atoms with Crippen molar-refractivity contribution >= 4 is 39.1 Å². The molecule has 1 saturated carbocycles. The summed E-state index contributed by atoms with van der Waals surface area (Å²) in [5.41, 5.74) is 1.81. The molecule has 1 aromatic carbocycles. The number of nitrogens with zero attached hydrogens (tertiary/aromatic N) is 1. The molecule has 3 rings (SSSR count). The summed E-state index contributed by atoms with van der Waals surface area (Å²) in [4.78, 5) is 41.6. The fourth-order valence-corrected chi connectivity index (χ4v) is 6.47. The fourth-order valence-electron chi connectivity index (χ4n) is 5.31. The van der Waals surface area contributed by atoms with E-state index in [2.05, 4.69) is 79.4 Å². The van der Waals surface area contributed by atoms with E-state index in [4.69, 9.17) is 0 Å². The topological polar surface area (TPSA) is 90.5 Å². The third kappa shape index (κ3) is 8.90. The maximum atomic E-state index is 13.6. The number of nitrogens with one attached hydrogen (secondary N) is 3. The van der Waals surface area contributed by atoms with Gasteiger partial charge in [0, 0.05) is 47.6 Å². The molecule has 3 N–H and O–H groups in total. The molecule has 3 amide bonds. The summed E-state index contributed by atoms with van der Waals surface area (Å²) < 4.78 is 1.19. The van der Waals surface area contributed by atoms with Crippen molar-refractivity contribution < 1.29 is 14.4 Å². The molecule has 0 spiro atoms. The van der Waals surface area contributed by atoms with Gasteiger partial charge in [0.1, 0.15) is 6.04 Å². The van der Waals surface area contributed by atoms with E-state index in [1.807, 2.05) is 0 Å². The summed E-state index contributed by atoms with van der Waals surface area (Å²) in [6.07, 6.45) is 4.69. The smallest absolute Gasteiger partial charge is 0.247 e. The van der Waals surface area contributed by atoms with Gasteiger partial charge in [-0.1, -0.05) is 59.2 Å². The molecule has 0 saturated heterocycles. The van der Waals surface area contributed by atoms with Crippen molar-refractivity contribution in [2.45, 2.75) is 84.7 Å². The Bertz CT molecular complexity index is 1150. The van der Waals surface area contributed by atoms with E-state index in [0.29, 0.717) is 36.9 Å². The van der Waals surface area contributed by atoms with Crippen LogP contribution in [0.25, 0.3) is 10.1 Å². The van der Waals surface area contributed by atoms with Gasteiger partial charge < -0.3 is 16.0 Å². The lowest BCUT2D eigenvalue weighted by Crippen LogP contribution is -2.54. The summed E-state index contributed by atoms with van der Waals surface area (Å²) in [6.45, 7) is 16.5. The summed E-state index contributed by atoms with van der Waals surface area (Å²) in [5.74, 6) is 0.112. The largest absolute Gasteiger partial charge is 0.350 e. The second-order valence-corrected chi connectivity index (χ2v) is 12.2. The van der Waals surface area contributed by atoms with Crippen LogP contribution >= 0.6 is 11.3 Å². The molecule has 1 aromatic heterocycles. The molecule has 8 heteroatoms. The predicted molar refractivity (Wildman–Crippen MR) is 161 cm³/mol. The highest BCUT2D eigenvalue weighted by molar-refractivity contribution is 7.19. The van der Waals surface area contributed by atoms with E-state index in [-0.39, 0.29) is 23.8 Å². The van der Waals surface area contributed by atoms with Gasteiger partial charge in [-0.3, -0.25) is 19.3 Å². The second kappa shape index (κ2) is 14.6. The monoisotopic (exact) mass is 554 g/mol. The average Bonchev–Trinajstić information content (AvgIpc) is 3.57. The van der Waals surface area contributed by atoms with Crippen molar-refractivity contribution in [1.82, 2.24) is 20.9 Å². The van der Waals surface area contributed by atoms with Crippen LogP contribution in [0.4, 0.5) is 0 Å². The zero-order valence-electron chi connectivity index (χ0n) is 24.3. The van der Waals surface area contributed by atoms with Crippen LogP contribution in [0.3, 0.4) is 0 Å². The molecule has 1 fully saturated rings. The van der Waals surface area contributed by atoms with Crippen LogP contribution in [0, 0.1) is 5.92 Å². The number of hydrogen-bond donors (Lipinski definition) is 3. The first kappa shape index (κ1) is 30.8. The first-order valence-electron chi connectivity index (χ1n) is 14.4. The molecule has 2 aromatic rings. The Kier molecular flexibility index (Phi) is 11.5. The molecule has 0 bridgehead atoms. The van der Waals surface area contributed by atoms with Crippen molar-refractivity contribution in [3.8, 4) is 0 Å². The standard InChI is InChI=1S/C31H46N4O3S/c1-7-35(8-2)19-21(5)30(37)32-18-28(23-11-9-10-12-23)34-31(38)27(33-22(6)36)17-26-15-25-14-13-24(20(3)4)16-29(25)39-26/h13-16,20,23,27-28H,5,7-12,17-19H2,1-4,6H3,(H,32,37)(H,33,36)(H,34,38)/t27-,28+/m0/s1. The Hall–Kier alpha value is -2.71. The number of thiophene rings is 1. The second-order valence-electron chi connectivity index (χ2n) is 11.1. The molecule has 0 radical (unpaired) electrons. The first-order chi connectivity index (χ1) is 18.6. The molecular formula is C31H46N4O3S. The quantitative estimate of drug-likeness (QED) is 0.294. The van der Waals surface area contributed by atoms with Crippen LogP contribution in [-0.2, 0) is 20.8 Å². The van der Waals surface area contributed by atoms with Gasteiger partial charge in [0.25, 0.3) is 0 Å². The van der Waals surface area contributed by atoms with Gasteiger partial charge in [-0.05, 0) is 60.8 Å². The maximum Gasteiger partial charge on any atom is 0.247 e. The Morgan fingerprint density at radius 1 is 1.08 bits per heavy atom. The van der Waals surface area contributed by atoms with Gasteiger partial charge in [-0.2, -0.15) is 0 Å².